The second-order valence-electron chi connectivity index (χ2n) is 4.63. The molecule has 2 rings (SSSR count). The lowest BCUT2D eigenvalue weighted by Gasteiger charge is -2.37. The molecule has 2 aliphatic heterocycles. The number of nitrogens with one attached hydrogen (secondary N) is 1. The van der Waals surface area contributed by atoms with E-state index in [0.29, 0.717) is 6.04 Å². The first-order valence-electron chi connectivity index (χ1n) is 5.89. The Bertz CT molecular complexity index is 169. The lowest BCUT2D eigenvalue weighted by molar-refractivity contribution is 0.0287. The Labute approximate surface area is 86.8 Å². The molecule has 0 amide bonds. The van der Waals surface area contributed by atoms with E-state index in [2.05, 4.69) is 17.1 Å². The highest BCUT2D eigenvalue weighted by atomic mass is 16.5. The maximum Gasteiger partial charge on any atom is 0.0506 e. The van der Waals surface area contributed by atoms with Gasteiger partial charge in [0, 0.05) is 38.8 Å². The Kier molecular flexibility index (Phi) is 3.79. The van der Waals surface area contributed by atoms with Crippen molar-refractivity contribution in [3.8, 4) is 0 Å². The van der Waals surface area contributed by atoms with Gasteiger partial charge in [0.05, 0.1) is 6.61 Å². The van der Waals surface area contributed by atoms with Crippen molar-refractivity contribution in [3.63, 3.8) is 0 Å². The van der Waals surface area contributed by atoms with Crippen LogP contribution in [0.3, 0.4) is 0 Å². The first kappa shape index (κ1) is 10.4. The Morgan fingerprint density at radius 3 is 3.14 bits per heavy atom. The van der Waals surface area contributed by atoms with E-state index in [1.54, 1.807) is 0 Å². The number of piperazine rings is 1. The lowest BCUT2D eigenvalue weighted by Crippen LogP contribution is -2.51. The molecule has 0 saturated carbocycles. The quantitative estimate of drug-likeness (QED) is 0.707. The van der Waals surface area contributed by atoms with Gasteiger partial charge in [-0.1, -0.05) is 0 Å². The summed E-state index contributed by atoms with van der Waals surface area (Å²) in [6, 6.07) is 0.700. The summed E-state index contributed by atoms with van der Waals surface area (Å²) in [5.74, 6) is 0.782. The molecule has 14 heavy (non-hydrogen) atoms. The van der Waals surface area contributed by atoms with E-state index in [4.69, 9.17) is 4.74 Å². The predicted octanol–water partition coefficient (Wildman–Crippen LogP) is 0.707. The van der Waals surface area contributed by atoms with Gasteiger partial charge in [-0.05, 0) is 25.7 Å². The fourth-order valence-electron chi connectivity index (χ4n) is 2.44. The second-order valence-corrected chi connectivity index (χ2v) is 4.63. The summed E-state index contributed by atoms with van der Waals surface area (Å²) in [4.78, 5) is 2.61. The highest BCUT2D eigenvalue weighted by Gasteiger charge is 2.22. The molecule has 2 saturated heterocycles. The van der Waals surface area contributed by atoms with Crippen molar-refractivity contribution >= 4 is 0 Å². The summed E-state index contributed by atoms with van der Waals surface area (Å²) in [6.45, 7) is 9.02. The minimum atomic E-state index is 0.700. The monoisotopic (exact) mass is 198 g/mol. The van der Waals surface area contributed by atoms with Crippen LogP contribution in [0.5, 0.6) is 0 Å². The number of hydrogen-bond acceptors (Lipinski definition) is 3. The molecule has 0 aliphatic carbocycles. The molecule has 82 valence electrons. The third kappa shape index (κ3) is 2.69. The zero-order valence-electron chi connectivity index (χ0n) is 9.17. The highest BCUT2D eigenvalue weighted by Crippen LogP contribution is 2.16. The molecule has 2 atom stereocenters. The van der Waals surface area contributed by atoms with Crippen molar-refractivity contribution in [2.75, 3.05) is 39.4 Å². The van der Waals surface area contributed by atoms with Crippen molar-refractivity contribution in [1.29, 1.82) is 0 Å². The Morgan fingerprint density at radius 2 is 2.43 bits per heavy atom. The van der Waals surface area contributed by atoms with E-state index in [9.17, 15) is 0 Å². The standard InChI is InChI=1S/C11H22N2O/c1-10-7-12-4-5-13(10)8-11-3-2-6-14-9-11/h10-12H,2-9H2,1H3/t10-,11?/m1/s1. The molecule has 0 aromatic rings. The van der Waals surface area contributed by atoms with Crippen LogP contribution in [0.15, 0.2) is 0 Å². The fraction of sp³-hybridized carbons (Fsp3) is 1.00. The van der Waals surface area contributed by atoms with Crippen LogP contribution in [0.2, 0.25) is 0 Å². The molecule has 0 bridgehead atoms. The molecule has 0 radical (unpaired) electrons. The van der Waals surface area contributed by atoms with Gasteiger partial charge in [0.2, 0.25) is 0 Å². The zero-order chi connectivity index (χ0) is 9.80. The average Bonchev–Trinajstić information content (AvgIpc) is 2.23. The molecular weight excluding hydrogens is 176 g/mol. The molecule has 1 unspecified atom stereocenters. The third-order valence-electron chi connectivity index (χ3n) is 3.39. The van der Waals surface area contributed by atoms with E-state index in [1.165, 1.54) is 25.9 Å². The lowest BCUT2D eigenvalue weighted by atomic mass is 10.0. The van der Waals surface area contributed by atoms with Gasteiger partial charge < -0.3 is 10.1 Å². The van der Waals surface area contributed by atoms with Crippen molar-refractivity contribution in [2.24, 2.45) is 5.92 Å². The Hall–Kier alpha value is -0.120. The average molecular weight is 198 g/mol. The van der Waals surface area contributed by atoms with Crippen molar-refractivity contribution in [2.45, 2.75) is 25.8 Å². The van der Waals surface area contributed by atoms with Crippen LogP contribution in [0.25, 0.3) is 0 Å². The van der Waals surface area contributed by atoms with Crippen LogP contribution in [0.4, 0.5) is 0 Å². The molecule has 2 heterocycles. The summed E-state index contributed by atoms with van der Waals surface area (Å²) in [5, 5.41) is 3.43. The first-order chi connectivity index (χ1) is 6.86. The molecule has 3 heteroatoms. The SMILES string of the molecule is C[C@@H]1CNCCN1CC1CCCOC1. The van der Waals surface area contributed by atoms with Gasteiger partial charge in [0.15, 0.2) is 0 Å². The van der Waals surface area contributed by atoms with Crippen LogP contribution in [0.1, 0.15) is 19.8 Å². The second kappa shape index (κ2) is 5.10. The zero-order valence-corrected chi connectivity index (χ0v) is 9.17. The number of rotatable bonds is 2. The van der Waals surface area contributed by atoms with E-state index in [-0.39, 0.29) is 0 Å². The van der Waals surface area contributed by atoms with E-state index < -0.39 is 0 Å². The smallest absolute Gasteiger partial charge is 0.0506 e. The first-order valence-corrected chi connectivity index (χ1v) is 5.89. The van der Waals surface area contributed by atoms with Crippen molar-refractivity contribution < 1.29 is 4.74 Å². The summed E-state index contributed by atoms with van der Waals surface area (Å²) in [7, 11) is 0. The summed E-state index contributed by atoms with van der Waals surface area (Å²) in [5.41, 5.74) is 0. The fourth-order valence-corrected chi connectivity index (χ4v) is 2.44. The van der Waals surface area contributed by atoms with Crippen LogP contribution in [-0.2, 0) is 4.74 Å². The summed E-state index contributed by atoms with van der Waals surface area (Å²) >= 11 is 0. The van der Waals surface area contributed by atoms with Crippen LogP contribution >= 0.6 is 0 Å². The Morgan fingerprint density at radius 1 is 1.50 bits per heavy atom. The van der Waals surface area contributed by atoms with Crippen LogP contribution < -0.4 is 5.32 Å². The minimum absolute atomic E-state index is 0.700. The predicted molar refractivity (Wildman–Crippen MR) is 57.4 cm³/mol. The van der Waals surface area contributed by atoms with Crippen LogP contribution in [-0.4, -0.2) is 50.3 Å². The molecule has 1 N–H and O–H groups in total. The summed E-state index contributed by atoms with van der Waals surface area (Å²) < 4.78 is 5.52. The maximum absolute atomic E-state index is 5.52. The van der Waals surface area contributed by atoms with Gasteiger partial charge in [-0.3, -0.25) is 4.90 Å². The molecule has 0 spiro atoms. The molecule has 2 aliphatic rings. The van der Waals surface area contributed by atoms with Gasteiger partial charge >= 0.3 is 0 Å². The van der Waals surface area contributed by atoms with E-state index in [0.717, 1.165) is 32.2 Å². The largest absolute Gasteiger partial charge is 0.381 e. The van der Waals surface area contributed by atoms with Gasteiger partial charge in [-0.2, -0.15) is 0 Å². The Balaban J connectivity index is 1.76. The van der Waals surface area contributed by atoms with Gasteiger partial charge in [-0.25, -0.2) is 0 Å². The molecular formula is C11H22N2O. The number of nitrogens with zero attached hydrogens (tertiary/aromatic N) is 1. The van der Waals surface area contributed by atoms with Crippen LogP contribution in [0, 0.1) is 5.92 Å². The van der Waals surface area contributed by atoms with Crippen molar-refractivity contribution in [3.05, 3.63) is 0 Å². The van der Waals surface area contributed by atoms with E-state index >= 15 is 0 Å². The molecule has 0 aromatic carbocycles. The molecule has 2 fully saturated rings. The van der Waals surface area contributed by atoms with Crippen molar-refractivity contribution in [1.82, 2.24) is 10.2 Å². The topological polar surface area (TPSA) is 24.5 Å². The number of hydrogen-bond donors (Lipinski definition) is 1. The number of ether oxygens (including phenoxy) is 1. The maximum atomic E-state index is 5.52. The van der Waals surface area contributed by atoms with Gasteiger partial charge in [-0.15, -0.1) is 0 Å². The molecule has 0 aromatic heterocycles. The summed E-state index contributed by atoms with van der Waals surface area (Å²) in [6.07, 6.45) is 2.61. The molecule has 3 nitrogen and oxygen atoms in total. The van der Waals surface area contributed by atoms with Gasteiger partial charge in [0.1, 0.15) is 0 Å². The normalized spacial score (nSPS) is 35.8. The van der Waals surface area contributed by atoms with E-state index in [1.807, 2.05) is 0 Å². The highest BCUT2D eigenvalue weighted by molar-refractivity contribution is 4.78. The third-order valence-corrected chi connectivity index (χ3v) is 3.39. The van der Waals surface area contributed by atoms with Gasteiger partial charge in [0.25, 0.3) is 0 Å². The minimum Gasteiger partial charge on any atom is -0.381 e.